The number of carbonyl (C=O) groups is 8. The Hall–Kier alpha value is -15.8. The quantitative estimate of drug-likeness (QED) is 0.101. The zero-order chi connectivity index (χ0) is 90.8. The lowest BCUT2D eigenvalue weighted by Gasteiger charge is -2.27. The normalized spacial score (nSPS) is 19.4. The fraction of sp³-hybridized carbons (Fsp3) is 0.407. The van der Waals surface area contributed by atoms with E-state index in [4.69, 9.17) is 147 Å². The van der Waals surface area contributed by atoms with Crippen molar-refractivity contribution in [3.63, 3.8) is 0 Å². The molecule has 690 valence electrons. The van der Waals surface area contributed by atoms with Crippen molar-refractivity contribution in [1.82, 2.24) is 5.32 Å². The van der Waals surface area contributed by atoms with Crippen molar-refractivity contribution >= 4 is 46.3 Å². The Morgan fingerprint density at radius 3 is 0.628 bits per heavy atom. The monoisotopic (exact) mass is 1820 g/mol. The van der Waals surface area contributed by atoms with Crippen LogP contribution in [-0.2, 0) is 109 Å². The van der Waals surface area contributed by atoms with E-state index >= 15 is 0 Å². The van der Waals surface area contributed by atoms with Crippen molar-refractivity contribution < 1.29 is 226 Å². The Labute approximate surface area is 725 Å². The van der Waals surface area contributed by atoms with Gasteiger partial charge in [0.2, 0.25) is 219 Å². The van der Waals surface area contributed by atoms with Gasteiger partial charge < -0.3 is 193 Å². The molecular weight excluding hydrogens is 1740 g/mol. The van der Waals surface area contributed by atoms with Crippen molar-refractivity contribution in [2.24, 2.45) is 0 Å². The smallest absolute Gasteiger partial charge is 0.270 e. The molecule has 0 saturated carbocycles. The van der Waals surface area contributed by atoms with E-state index in [1.165, 1.54) is 14.2 Å². The molecule has 48 nitrogen and oxygen atoms in total. The number of hydrogen-bond donors (Lipinski definition) is 9. The van der Waals surface area contributed by atoms with Gasteiger partial charge >= 0.3 is 0 Å². The van der Waals surface area contributed by atoms with Crippen molar-refractivity contribution in [1.29, 1.82) is 0 Å². The minimum absolute atomic E-state index is 0.0703. The summed E-state index contributed by atoms with van der Waals surface area (Å²) in [6.07, 6.45) is 0. The SMILES string of the molecule is CCOC1=C2OCCOc3c(O)c4c(c(O)c3OCCOC3=C5OCCOc6c(O)c7c(c(O)c6OCCOC6=C8OCCOc9c(O)c%10c(c(O)c9OCCOC9=C%11OCCOc%12c(O)c(OC)c(c(O)c%12OC)OCCOC(=C(NCCO%10)C%11=O)C9=O)OCCOC(=C(OCCO7)C8=O)C6=O)OCCOC(=C(OCCO4)C5=O)C3=O)OCCOC(=C(OC)C2=O)C1=O. The molecule has 0 fully saturated rings. The first-order chi connectivity index (χ1) is 62.6. The summed E-state index contributed by atoms with van der Waals surface area (Å²) in [5, 5.41) is 97.2. The van der Waals surface area contributed by atoms with Crippen molar-refractivity contribution in [2.45, 2.75) is 6.92 Å². The van der Waals surface area contributed by atoms with Gasteiger partial charge in [-0.1, -0.05) is 0 Å². The molecule has 0 radical (unpaired) electrons. The third kappa shape index (κ3) is 17.0. The summed E-state index contributed by atoms with van der Waals surface area (Å²) in [5.74, 6) is -34.4. The standard InChI is InChI=1S/C81H79NO47/c1-5-102-59-40(88)58-54(101-4)39(87)61(59)110-15-17-115-68-44(92)67-66(112-13-12-108-58)43(91)69(68)119-24-25-123-76-48(96)75-74(121-23-22-118-67)47(95)77(76)127-32-33-129-81-49(97)78-79(128-31-30-126-75)50(98)80(81)125-29-28-122-73-45(93)70-71(120-26-27-124-78)46(94)72(73)117-21-20-113-64-41(89)62-63(111-18-19-116-70)42(90)65(64)114-16-14-109-60-36(84)51-34(82-6-7-103-62)35(83)55(60)105-10-11-107-57-38(86)52(99-2)56(106-9-8-104-51)37(85)53(57)100-3/h82,85-86,89-92,97-98H,5-33H2,1-4H3. The van der Waals surface area contributed by atoms with Gasteiger partial charge in [-0.2, -0.15) is 0 Å². The molecule has 0 atom stereocenters. The van der Waals surface area contributed by atoms with Gasteiger partial charge in [0.15, 0.2) is 5.76 Å². The lowest BCUT2D eigenvalue weighted by Crippen LogP contribution is -2.36. The Bertz CT molecular complexity index is 5240. The summed E-state index contributed by atoms with van der Waals surface area (Å²) >= 11 is 0. The highest BCUT2D eigenvalue weighted by Crippen LogP contribution is 2.62. The van der Waals surface area contributed by atoms with E-state index in [1.54, 1.807) is 6.92 Å². The number of ketones is 8. The lowest BCUT2D eigenvalue weighted by atomic mass is 10.0. The number of ether oxygens (including phenoxy) is 31. The van der Waals surface area contributed by atoms with Crippen LogP contribution in [0.15, 0.2) is 92.1 Å². The minimum Gasteiger partial charge on any atom is -0.501 e. The first-order valence-electron chi connectivity index (χ1n) is 39.4. The van der Waals surface area contributed by atoms with Crippen LogP contribution in [0.5, 0.6) is 138 Å². The number of nitrogens with one attached hydrogen (secondary N) is 1. The van der Waals surface area contributed by atoms with Gasteiger partial charge in [0.05, 0.1) is 27.9 Å². The van der Waals surface area contributed by atoms with Gasteiger partial charge in [-0.05, 0) is 6.92 Å². The van der Waals surface area contributed by atoms with Crippen LogP contribution < -0.4 is 81.1 Å². The second-order valence-corrected chi connectivity index (χ2v) is 26.9. The predicted molar refractivity (Wildman–Crippen MR) is 409 cm³/mol. The van der Waals surface area contributed by atoms with E-state index in [0.717, 1.165) is 7.11 Å². The maximum absolute atomic E-state index is 14.8. The molecule has 36 rings (SSSR count). The Kier molecular flexibility index (Phi) is 26.4. The Balaban J connectivity index is 0.658. The van der Waals surface area contributed by atoms with Crippen LogP contribution in [0.25, 0.3) is 0 Å². The summed E-state index contributed by atoms with van der Waals surface area (Å²) in [4.78, 5) is 115. The average Bonchev–Trinajstić information content (AvgIpc) is 0.769. The van der Waals surface area contributed by atoms with Gasteiger partial charge in [-0.25, -0.2) is 0 Å². The van der Waals surface area contributed by atoms with Gasteiger partial charge in [0.1, 0.15) is 184 Å². The van der Waals surface area contributed by atoms with Crippen LogP contribution in [-0.4, -0.2) is 300 Å². The number of methoxy groups -OCH3 is 3. The summed E-state index contributed by atoms with van der Waals surface area (Å²) in [5.41, 5.74) is -0.482. The predicted octanol–water partition coefficient (Wildman–Crippen LogP) is 1.64. The minimum atomic E-state index is -1.16. The molecule has 4 aliphatic carbocycles. The topological polar surface area (TPSA) is 597 Å². The summed E-state index contributed by atoms with van der Waals surface area (Å²) < 4.78 is 181. The highest BCUT2D eigenvalue weighted by Gasteiger charge is 2.48. The maximum atomic E-state index is 14.8. The molecule has 129 heavy (non-hydrogen) atoms. The van der Waals surface area contributed by atoms with Crippen molar-refractivity contribution in [3.8, 4) is 138 Å². The van der Waals surface area contributed by atoms with Gasteiger partial charge in [-0.3, -0.25) is 38.4 Å². The molecule has 0 amide bonds. The van der Waals surface area contributed by atoms with Crippen LogP contribution in [0.2, 0.25) is 0 Å². The van der Waals surface area contributed by atoms with Gasteiger partial charge in [-0.15, -0.1) is 0 Å². The Morgan fingerprint density at radius 2 is 0.395 bits per heavy atom. The molecule has 28 bridgehead atoms. The maximum Gasteiger partial charge on any atom is 0.270 e. The van der Waals surface area contributed by atoms with Crippen LogP contribution in [0.4, 0.5) is 0 Å². The second kappa shape index (κ2) is 38.7. The average molecular weight is 1820 g/mol. The number of hydrogen-bond acceptors (Lipinski definition) is 48. The number of benzene rings is 4. The fourth-order valence-electron chi connectivity index (χ4n) is 13.7. The first-order valence-corrected chi connectivity index (χ1v) is 39.4. The largest absolute Gasteiger partial charge is 0.501 e. The summed E-state index contributed by atoms with van der Waals surface area (Å²) in [6, 6.07) is 0. The van der Waals surface area contributed by atoms with E-state index in [9.17, 15) is 79.2 Å². The molecule has 0 unspecified atom stereocenters. The number of rotatable bonds is 5. The van der Waals surface area contributed by atoms with E-state index in [2.05, 4.69) is 5.32 Å². The number of phenolic OH excluding ortho intramolecular Hbond substituents is 8. The third-order valence-corrected chi connectivity index (χ3v) is 19.1. The molecule has 0 aromatic heterocycles. The molecule has 28 heterocycles. The summed E-state index contributed by atoms with van der Waals surface area (Å²) in [7, 11) is 3.49. The van der Waals surface area contributed by atoms with Crippen molar-refractivity contribution in [3.05, 3.63) is 92.1 Å². The lowest BCUT2D eigenvalue weighted by molar-refractivity contribution is -0.128. The molecular formula is C81H79NO47. The van der Waals surface area contributed by atoms with E-state index in [1.807, 2.05) is 0 Å². The number of Topliss-reactive ketones (excluding diaryl/α,β-unsaturated/α-hetero) is 8. The highest BCUT2D eigenvalue weighted by atomic mass is 16.7. The van der Waals surface area contributed by atoms with Gasteiger partial charge in [0.25, 0.3) is 46.3 Å². The molecule has 0 spiro atoms. The van der Waals surface area contributed by atoms with E-state index < -0.39 is 450 Å². The zero-order valence-electron chi connectivity index (χ0n) is 68.5. The van der Waals surface area contributed by atoms with Gasteiger partial charge in [0, 0.05) is 6.54 Å². The third-order valence-electron chi connectivity index (χ3n) is 19.1. The molecule has 28 aliphatic heterocycles. The molecule has 0 saturated heterocycles. The van der Waals surface area contributed by atoms with Crippen LogP contribution in [0.1, 0.15) is 6.92 Å². The molecule has 4 aromatic carbocycles. The van der Waals surface area contributed by atoms with E-state index in [0.29, 0.717) is 0 Å². The highest BCUT2D eigenvalue weighted by molar-refractivity contribution is 6.24. The fourth-order valence-corrected chi connectivity index (χ4v) is 13.7. The second-order valence-electron chi connectivity index (χ2n) is 26.9. The Morgan fingerprint density at radius 1 is 0.209 bits per heavy atom. The van der Waals surface area contributed by atoms with Crippen LogP contribution >= 0.6 is 0 Å². The van der Waals surface area contributed by atoms with Crippen LogP contribution in [0.3, 0.4) is 0 Å². The van der Waals surface area contributed by atoms with Crippen LogP contribution in [0, 0.1) is 0 Å². The number of phenols is 8. The molecule has 32 aliphatic rings. The first kappa shape index (κ1) is 88.0. The zero-order valence-corrected chi connectivity index (χ0v) is 68.5. The molecule has 48 heteroatoms. The van der Waals surface area contributed by atoms with Crippen molar-refractivity contribution in [2.75, 3.05) is 213 Å². The number of carbonyl (C=O) groups excluding carboxylic acids is 8. The molecule has 9 N–H and O–H groups in total. The van der Waals surface area contributed by atoms with E-state index in [-0.39, 0.29) is 18.1 Å². The molecule has 4 aromatic rings. The summed E-state index contributed by atoms with van der Waals surface area (Å²) in [6.45, 7) is -15.9. The number of aromatic hydroxyl groups is 8.